The summed E-state index contributed by atoms with van der Waals surface area (Å²) in [6, 6.07) is 19.7. The number of carbonyl (C=O) groups is 1. The predicted octanol–water partition coefficient (Wildman–Crippen LogP) is 7.85. The molecule has 1 aliphatic carbocycles. The monoisotopic (exact) mass is 640 g/mol. The number of rotatable bonds is 11. The van der Waals surface area contributed by atoms with Crippen LogP contribution in [0.2, 0.25) is 5.02 Å². The number of amides is 1. The van der Waals surface area contributed by atoms with Gasteiger partial charge in [0.25, 0.3) is 5.91 Å². The highest BCUT2D eigenvalue weighted by Gasteiger charge is 2.24. The molecule has 240 valence electrons. The van der Waals surface area contributed by atoms with E-state index in [1.54, 1.807) is 0 Å². The average molecular weight is 641 g/mol. The molecule has 4 aromatic rings. The highest BCUT2D eigenvalue weighted by atomic mass is 35.5. The zero-order valence-corrected chi connectivity index (χ0v) is 27.6. The van der Waals surface area contributed by atoms with Crippen LogP contribution in [0, 0.1) is 19.8 Å². The van der Waals surface area contributed by atoms with Crippen LogP contribution in [0.15, 0.2) is 66.9 Å². The quantitative estimate of drug-likeness (QED) is 0.171. The van der Waals surface area contributed by atoms with Crippen molar-refractivity contribution in [2.24, 2.45) is 5.92 Å². The van der Waals surface area contributed by atoms with E-state index in [2.05, 4.69) is 44.2 Å². The molecule has 46 heavy (non-hydrogen) atoms. The molecule has 6 rings (SSSR count). The molecule has 1 saturated carbocycles. The maximum atomic E-state index is 13.6. The lowest BCUT2D eigenvalue weighted by molar-refractivity contribution is 0.102. The van der Waals surface area contributed by atoms with E-state index in [9.17, 15) is 4.79 Å². The zero-order valence-electron chi connectivity index (χ0n) is 26.8. The zero-order chi connectivity index (χ0) is 32.2. The maximum absolute atomic E-state index is 13.6. The molecule has 1 saturated heterocycles. The highest BCUT2D eigenvalue weighted by Crippen LogP contribution is 2.36. The van der Waals surface area contributed by atoms with Gasteiger partial charge >= 0.3 is 0 Å². The van der Waals surface area contributed by atoms with Gasteiger partial charge in [0, 0.05) is 49.8 Å². The maximum Gasteiger partial charge on any atom is 0.262 e. The highest BCUT2D eigenvalue weighted by molar-refractivity contribution is 6.33. The summed E-state index contributed by atoms with van der Waals surface area (Å²) in [6.07, 6.45) is 3.82. The van der Waals surface area contributed by atoms with Crippen LogP contribution >= 0.6 is 11.6 Å². The lowest BCUT2D eigenvalue weighted by Gasteiger charge is -2.38. The summed E-state index contributed by atoms with van der Waals surface area (Å²) in [5, 5.41) is 6.92. The molecule has 0 radical (unpaired) electrons. The van der Waals surface area contributed by atoms with Gasteiger partial charge in [-0.1, -0.05) is 41.9 Å². The van der Waals surface area contributed by atoms with Crippen LogP contribution in [-0.2, 0) is 0 Å². The second-order valence-electron chi connectivity index (χ2n) is 12.3. The molecule has 10 heteroatoms. The first kappa shape index (κ1) is 31.6. The van der Waals surface area contributed by atoms with E-state index < -0.39 is 0 Å². The van der Waals surface area contributed by atoms with Crippen molar-refractivity contribution < 1.29 is 14.3 Å². The van der Waals surface area contributed by atoms with Crippen molar-refractivity contribution in [3.05, 3.63) is 88.6 Å². The van der Waals surface area contributed by atoms with Crippen molar-refractivity contribution >= 4 is 40.5 Å². The van der Waals surface area contributed by atoms with Gasteiger partial charge in [0.2, 0.25) is 11.8 Å². The van der Waals surface area contributed by atoms with Crippen molar-refractivity contribution in [1.29, 1.82) is 0 Å². The number of para-hydroxylation sites is 3. The van der Waals surface area contributed by atoms with Crippen LogP contribution in [0.1, 0.15) is 48.2 Å². The first-order valence-electron chi connectivity index (χ1n) is 15.9. The average Bonchev–Trinajstić information content (AvgIpc) is 3.87. The van der Waals surface area contributed by atoms with Crippen LogP contribution in [0.5, 0.6) is 17.4 Å². The minimum atomic E-state index is -0.375. The van der Waals surface area contributed by atoms with Crippen molar-refractivity contribution in [2.75, 3.05) is 48.3 Å². The molecule has 2 aliphatic rings. The Hall–Kier alpha value is -4.34. The molecule has 0 bridgehead atoms. The van der Waals surface area contributed by atoms with E-state index in [1.165, 1.54) is 19.0 Å². The molecule has 0 atom stereocenters. The molecule has 1 aromatic heterocycles. The van der Waals surface area contributed by atoms with Crippen LogP contribution in [0.4, 0.5) is 23.0 Å². The molecular weight excluding hydrogens is 600 g/mol. The summed E-state index contributed by atoms with van der Waals surface area (Å²) in [5.41, 5.74) is 4.57. The fourth-order valence-electron chi connectivity index (χ4n) is 5.55. The molecule has 1 aliphatic heterocycles. The Morgan fingerprint density at radius 1 is 0.978 bits per heavy atom. The Kier molecular flexibility index (Phi) is 9.61. The number of piperazine rings is 1. The Bertz CT molecular complexity index is 1680. The van der Waals surface area contributed by atoms with Gasteiger partial charge in [-0.05, 0) is 87.9 Å². The van der Waals surface area contributed by atoms with Crippen molar-refractivity contribution in [3.8, 4) is 17.4 Å². The number of aromatic nitrogens is 2. The van der Waals surface area contributed by atoms with Gasteiger partial charge in [0.1, 0.15) is 5.56 Å². The third-order valence-corrected chi connectivity index (χ3v) is 8.84. The number of hydrogen-bond acceptors (Lipinski definition) is 8. The summed E-state index contributed by atoms with van der Waals surface area (Å²) in [7, 11) is 0. The number of nitrogens with one attached hydrogen (secondary N) is 2. The molecule has 2 heterocycles. The van der Waals surface area contributed by atoms with Crippen LogP contribution in [-0.4, -0.2) is 59.6 Å². The van der Waals surface area contributed by atoms with Gasteiger partial charge in [-0.25, -0.2) is 4.98 Å². The molecule has 0 unspecified atom stereocenters. The van der Waals surface area contributed by atoms with Crippen LogP contribution in [0.3, 0.4) is 0 Å². The second kappa shape index (κ2) is 14.0. The summed E-state index contributed by atoms with van der Waals surface area (Å²) in [4.78, 5) is 27.6. The standard InChI is InChI=1S/C36H41ClN6O3/c1-23(2)42-16-18-43(19-17-42)30-15-14-27(20-29(30)37)39-36-38-21-28(34(44)40-33-24(3)8-7-9-25(33)4)35(41-36)46-32-11-6-5-10-31(32)45-22-26-12-13-26/h5-11,14-15,20-21,23,26H,12-13,16-19,22H2,1-4H3,(H,40,44)(H,38,39,41). The van der Waals surface area contributed by atoms with Gasteiger partial charge in [-0.15, -0.1) is 0 Å². The van der Waals surface area contributed by atoms with Crippen LogP contribution in [0.25, 0.3) is 0 Å². The first-order valence-corrected chi connectivity index (χ1v) is 16.3. The molecule has 0 spiro atoms. The third-order valence-electron chi connectivity index (χ3n) is 8.53. The number of ether oxygens (including phenoxy) is 2. The van der Waals surface area contributed by atoms with Crippen molar-refractivity contribution in [2.45, 2.75) is 46.6 Å². The van der Waals surface area contributed by atoms with E-state index in [-0.39, 0.29) is 23.3 Å². The number of hydrogen-bond donors (Lipinski definition) is 2. The smallest absolute Gasteiger partial charge is 0.262 e. The first-order chi connectivity index (χ1) is 22.2. The van der Waals surface area contributed by atoms with Gasteiger partial charge in [0.05, 0.1) is 17.3 Å². The van der Waals surface area contributed by atoms with Crippen LogP contribution < -0.4 is 25.0 Å². The van der Waals surface area contributed by atoms with Gasteiger partial charge in [-0.3, -0.25) is 9.69 Å². The van der Waals surface area contributed by atoms with E-state index in [4.69, 9.17) is 21.1 Å². The molecular formula is C36H41ClN6O3. The molecule has 9 nitrogen and oxygen atoms in total. The number of nitrogens with zero attached hydrogens (tertiary/aromatic N) is 4. The van der Waals surface area contributed by atoms with Crippen molar-refractivity contribution in [3.63, 3.8) is 0 Å². The Morgan fingerprint density at radius 3 is 2.37 bits per heavy atom. The normalized spacial score (nSPS) is 15.1. The lowest BCUT2D eigenvalue weighted by atomic mass is 10.1. The fraction of sp³-hybridized carbons (Fsp3) is 0.361. The molecule has 1 amide bonds. The van der Waals surface area contributed by atoms with Gasteiger partial charge in [0.15, 0.2) is 11.5 Å². The largest absolute Gasteiger partial charge is 0.489 e. The van der Waals surface area contributed by atoms with E-state index in [1.807, 2.05) is 74.5 Å². The SMILES string of the molecule is Cc1cccc(C)c1NC(=O)c1cnc(Nc2ccc(N3CCN(C(C)C)CC3)c(Cl)c2)nc1Oc1ccccc1OCC1CC1. The number of benzene rings is 3. The lowest BCUT2D eigenvalue weighted by Crippen LogP contribution is -2.49. The van der Waals surface area contributed by atoms with Gasteiger partial charge < -0.3 is 25.0 Å². The second-order valence-corrected chi connectivity index (χ2v) is 12.8. The number of aryl methyl sites for hydroxylation is 2. The summed E-state index contributed by atoms with van der Waals surface area (Å²) >= 11 is 6.78. The minimum Gasteiger partial charge on any atom is -0.489 e. The Labute approximate surface area is 275 Å². The summed E-state index contributed by atoms with van der Waals surface area (Å²) in [5.74, 6) is 1.64. The molecule has 2 fully saturated rings. The Balaban J connectivity index is 1.25. The molecule has 3 aromatic carbocycles. The number of anilines is 4. The fourth-order valence-corrected chi connectivity index (χ4v) is 5.85. The summed E-state index contributed by atoms with van der Waals surface area (Å²) < 4.78 is 12.4. The number of halogens is 1. The van der Waals surface area contributed by atoms with Gasteiger partial charge in [-0.2, -0.15) is 4.98 Å². The third kappa shape index (κ3) is 7.54. The predicted molar refractivity (Wildman–Crippen MR) is 184 cm³/mol. The van der Waals surface area contributed by atoms with E-state index in [0.29, 0.717) is 35.1 Å². The van der Waals surface area contributed by atoms with Crippen molar-refractivity contribution in [1.82, 2.24) is 14.9 Å². The topological polar surface area (TPSA) is 91.9 Å². The number of carbonyl (C=O) groups excluding carboxylic acids is 1. The van der Waals surface area contributed by atoms with E-state index in [0.717, 1.165) is 54.4 Å². The van der Waals surface area contributed by atoms with E-state index >= 15 is 0 Å². The Morgan fingerprint density at radius 2 is 1.70 bits per heavy atom. The minimum absolute atomic E-state index is 0.106. The summed E-state index contributed by atoms with van der Waals surface area (Å²) in [6.45, 7) is 12.9. The molecule has 2 N–H and O–H groups in total.